The molecule has 3 rings (SSSR count). The van der Waals surface area contributed by atoms with E-state index in [1.165, 1.54) is 20.9 Å². The number of ether oxygens (including phenoxy) is 1. The summed E-state index contributed by atoms with van der Waals surface area (Å²) in [6, 6.07) is 1.70. The van der Waals surface area contributed by atoms with E-state index in [-0.39, 0.29) is 30.3 Å². The second-order valence-corrected chi connectivity index (χ2v) is 8.49. The molecule has 1 aromatic rings. The Bertz CT molecular complexity index is 789. The van der Waals surface area contributed by atoms with E-state index in [0.717, 1.165) is 25.9 Å². The average molecular weight is 398 g/mol. The maximum absolute atomic E-state index is 13.2. The summed E-state index contributed by atoms with van der Waals surface area (Å²) in [5.74, 6) is -1.01. The Hall–Kier alpha value is -1.91. The van der Waals surface area contributed by atoms with E-state index in [2.05, 4.69) is 23.7 Å². The highest BCUT2D eigenvalue weighted by Crippen LogP contribution is 2.34. The van der Waals surface area contributed by atoms with Crippen molar-refractivity contribution in [3.05, 3.63) is 17.8 Å². The van der Waals surface area contributed by atoms with E-state index in [9.17, 15) is 18.3 Å². The van der Waals surface area contributed by atoms with Gasteiger partial charge in [0.15, 0.2) is 0 Å². The van der Waals surface area contributed by atoms with Crippen molar-refractivity contribution in [1.82, 2.24) is 14.2 Å². The maximum Gasteiger partial charge on any atom is 0.337 e. The van der Waals surface area contributed by atoms with Crippen LogP contribution in [0.1, 0.15) is 37.0 Å². The summed E-state index contributed by atoms with van der Waals surface area (Å²) in [5.41, 5.74) is 0.117. The lowest BCUT2D eigenvalue weighted by atomic mass is 10.1. The first-order valence-corrected chi connectivity index (χ1v) is 10.7. The molecule has 0 unspecified atom stereocenters. The molecule has 150 valence electrons. The van der Waals surface area contributed by atoms with Crippen molar-refractivity contribution in [1.29, 1.82) is 0 Å². The van der Waals surface area contributed by atoms with Gasteiger partial charge >= 0.3 is 16.2 Å². The monoisotopic (exact) mass is 398 g/mol. The fourth-order valence-corrected chi connectivity index (χ4v) is 5.39. The summed E-state index contributed by atoms with van der Waals surface area (Å²) in [6.07, 6.45) is 2.74. The second-order valence-electron chi connectivity index (χ2n) is 6.63. The molecule has 0 amide bonds. The molecule has 0 radical (unpaired) electrons. The third-order valence-electron chi connectivity index (χ3n) is 5.24. The summed E-state index contributed by atoms with van der Waals surface area (Å²) in [4.78, 5) is 17.6. The molecular formula is C17H26N4O5S. The Morgan fingerprint density at radius 1 is 1.30 bits per heavy atom. The lowest BCUT2D eigenvalue weighted by Crippen LogP contribution is -2.52. The number of rotatable bonds is 6. The number of aromatic carboxylic acids is 1. The normalized spacial score (nSPS) is 19.0. The van der Waals surface area contributed by atoms with Crippen molar-refractivity contribution in [2.24, 2.45) is 0 Å². The molecule has 9 nitrogen and oxygen atoms in total. The van der Waals surface area contributed by atoms with E-state index in [1.807, 2.05) is 0 Å². The van der Waals surface area contributed by atoms with Gasteiger partial charge in [-0.2, -0.15) is 12.7 Å². The van der Waals surface area contributed by atoms with Gasteiger partial charge in [-0.25, -0.2) is 14.1 Å². The third-order valence-corrected chi connectivity index (χ3v) is 7.19. The van der Waals surface area contributed by atoms with Gasteiger partial charge in [-0.1, -0.05) is 13.8 Å². The zero-order valence-electron chi connectivity index (χ0n) is 15.7. The number of piperidine rings is 1. The molecule has 0 spiro atoms. The predicted octanol–water partition coefficient (Wildman–Crippen LogP) is 1.03. The van der Waals surface area contributed by atoms with Crippen LogP contribution in [0.15, 0.2) is 12.3 Å². The lowest BCUT2D eigenvalue weighted by Gasteiger charge is -2.40. The van der Waals surface area contributed by atoms with E-state index >= 15 is 0 Å². The van der Waals surface area contributed by atoms with Gasteiger partial charge < -0.3 is 14.7 Å². The van der Waals surface area contributed by atoms with Gasteiger partial charge in [0, 0.05) is 25.3 Å². The van der Waals surface area contributed by atoms with Gasteiger partial charge in [0.25, 0.3) is 0 Å². The number of anilines is 1. The highest BCUT2D eigenvalue weighted by molar-refractivity contribution is 7.90. The average Bonchev–Trinajstić information content (AvgIpc) is 2.68. The summed E-state index contributed by atoms with van der Waals surface area (Å²) < 4.78 is 34.5. The smallest absolute Gasteiger partial charge is 0.337 e. The van der Waals surface area contributed by atoms with Crippen molar-refractivity contribution >= 4 is 21.9 Å². The molecule has 0 aliphatic carbocycles. The number of carboxylic acids is 1. The van der Waals surface area contributed by atoms with Crippen molar-refractivity contribution in [3.8, 4) is 5.88 Å². The van der Waals surface area contributed by atoms with Crippen LogP contribution in [0.2, 0.25) is 0 Å². The van der Waals surface area contributed by atoms with Crippen LogP contribution in [-0.2, 0) is 10.2 Å². The van der Waals surface area contributed by atoms with Crippen molar-refractivity contribution in [3.63, 3.8) is 0 Å². The Labute approximate surface area is 159 Å². The van der Waals surface area contributed by atoms with Crippen LogP contribution in [0.3, 0.4) is 0 Å². The van der Waals surface area contributed by atoms with Crippen LogP contribution < -0.4 is 9.04 Å². The van der Waals surface area contributed by atoms with Crippen LogP contribution in [0.5, 0.6) is 5.88 Å². The highest BCUT2D eigenvalue weighted by atomic mass is 32.2. The van der Waals surface area contributed by atoms with E-state index in [4.69, 9.17) is 4.74 Å². The molecule has 10 heteroatoms. The lowest BCUT2D eigenvalue weighted by molar-refractivity contribution is 0.0696. The maximum atomic E-state index is 13.2. The van der Waals surface area contributed by atoms with Crippen LogP contribution in [0.25, 0.3) is 0 Å². The van der Waals surface area contributed by atoms with Gasteiger partial charge in [0.2, 0.25) is 5.88 Å². The fourth-order valence-electron chi connectivity index (χ4n) is 3.75. The molecule has 1 N–H and O–H groups in total. The molecule has 0 aromatic carbocycles. The highest BCUT2D eigenvalue weighted by Gasteiger charge is 2.37. The first-order valence-electron chi connectivity index (χ1n) is 9.26. The molecule has 27 heavy (non-hydrogen) atoms. The molecule has 3 heterocycles. The zero-order valence-corrected chi connectivity index (χ0v) is 16.5. The molecule has 2 aliphatic heterocycles. The van der Waals surface area contributed by atoms with Gasteiger partial charge in [-0.05, 0) is 32.0 Å². The number of carboxylic acid groups (broad SMARTS) is 1. The molecule has 1 aromatic heterocycles. The molecular weight excluding hydrogens is 372 g/mol. The van der Waals surface area contributed by atoms with Gasteiger partial charge in [-0.15, -0.1) is 0 Å². The minimum Gasteiger partial charge on any atom is -0.478 e. The SMILES string of the molecule is CCN(CC)C1CCN(S(=O)(=O)N2CCOc3ncc(C(=O)O)cc32)CC1. The van der Waals surface area contributed by atoms with Gasteiger partial charge in [0.1, 0.15) is 12.3 Å². The molecule has 0 atom stereocenters. The van der Waals surface area contributed by atoms with Crippen molar-refractivity contribution in [2.45, 2.75) is 32.7 Å². The summed E-state index contributed by atoms with van der Waals surface area (Å²) in [7, 11) is -3.77. The summed E-state index contributed by atoms with van der Waals surface area (Å²) in [6.45, 7) is 7.35. The number of fused-ring (bicyclic) bond motifs is 1. The Morgan fingerprint density at radius 3 is 2.56 bits per heavy atom. The summed E-state index contributed by atoms with van der Waals surface area (Å²) in [5, 5.41) is 9.19. The first kappa shape index (κ1) is 19.8. The van der Waals surface area contributed by atoms with Crippen molar-refractivity contribution < 1.29 is 23.1 Å². The standard InChI is InChI=1S/C17H26N4O5S/c1-3-19(4-2)14-5-7-20(8-6-14)27(24,25)21-9-10-26-16-15(21)11-13(12-18-16)17(22)23/h11-12,14H,3-10H2,1-2H3,(H,22,23). The summed E-state index contributed by atoms with van der Waals surface area (Å²) >= 11 is 0. The zero-order chi connectivity index (χ0) is 19.6. The van der Waals surface area contributed by atoms with Crippen LogP contribution in [0, 0.1) is 0 Å². The van der Waals surface area contributed by atoms with Crippen LogP contribution >= 0.6 is 0 Å². The number of aromatic nitrogens is 1. The largest absolute Gasteiger partial charge is 0.478 e. The topological polar surface area (TPSA) is 103 Å². The fraction of sp³-hybridized carbons (Fsp3) is 0.647. The predicted molar refractivity (Wildman–Crippen MR) is 100 cm³/mol. The van der Waals surface area contributed by atoms with Crippen LogP contribution in [-0.4, -0.2) is 79.1 Å². The minimum absolute atomic E-state index is 0.0697. The second kappa shape index (κ2) is 7.99. The number of carbonyl (C=O) groups is 1. The molecule has 0 bridgehead atoms. The van der Waals surface area contributed by atoms with Crippen LogP contribution in [0.4, 0.5) is 5.69 Å². The number of hydrogen-bond donors (Lipinski definition) is 1. The van der Waals surface area contributed by atoms with E-state index in [1.54, 1.807) is 0 Å². The molecule has 1 saturated heterocycles. The third kappa shape index (κ3) is 3.87. The number of pyridine rings is 1. The number of hydrogen-bond acceptors (Lipinski definition) is 6. The van der Waals surface area contributed by atoms with Gasteiger partial charge in [-0.3, -0.25) is 0 Å². The Kier molecular flexibility index (Phi) is 5.87. The quantitative estimate of drug-likeness (QED) is 0.763. The van der Waals surface area contributed by atoms with Gasteiger partial charge in [0.05, 0.1) is 12.1 Å². The van der Waals surface area contributed by atoms with E-state index < -0.39 is 16.2 Å². The number of nitrogens with zero attached hydrogens (tertiary/aromatic N) is 4. The van der Waals surface area contributed by atoms with Crippen molar-refractivity contribution in [2.75, 3.05) is 43.6 Å². The molecule has 2 aliphatic rings. The Balaban J connectivity index is 1.81. The Morgan fingerprint density at radius 2 is 1.96 bits per heavy atom. The first-order chi connectivity index (χ1) is 12.9. The minimum atomic E-state index is -3.77. The molecule has 1 fully saturated rings. The van der Waals surface area contributed by atoms with E-state index in [0.29, 0.717) is 19.1 Å². The molecule has 0 saturated carbocycles.